The van der Waals surface area contributed by atoms with Crippen LogP contribution in [-0.2, 0) is 17.3 Å². The molecule has 5 nitrogen and oxygen atoms in total. The molecule has 1 saturated carbocycles. The van der Waals surface area contributed by atoms with Gasteiger partial charge in [-0.15, -0.1) is 0 Å². The molecule has 88 valence electrons. The van der Waals surface area contributed by atoms with Crippen molar-refractivity contribution >= 4 is 5.97 Å². The maximum absolute atomic E-state index is 11.5. The second-order valence-electron chi connectivity index (χ2n) is 4.49. The lowest BCUT2D eigenvalue weighted by Gasteiger charge is -2.33. The molecule has 2 rings (SSSR count). The largest absolute Gasteiger partial charge is 0.481 e. The minimum atomic E-state index is -0.902. The van der Waals surface area contributed by atoms with Gasteiger partial charge >= 0.3 is 5.97 Å². The normalized spacial score (nSPS) is 30.2. The third-order valence-electron chi connectivity index (χ3n) is 3.42. The quantitative estimate of drug-likeness (QED) is 0.774. The lowest BCUT2D eigenvalue weighted by Crippen LogP contribution is -2.41. The molecule has 0 spiro atoms. The summed E-state index contributed by atoms with van der Waals surface area (Å²) < 4.78 is 1.62. The second kappa shape index (κ2) is 3.90. The van der Waals surface area contributed by atoms with Crippen LogP contribution in [0.4, 0.5) is 0 Å². The molecule has 0 bridgehead atoms. The number of carboxylic acids is 1. The van der Waals surface area contributed by atoms with E-state index in [1.54, 1.807) is 24.0 Å². The smallest absolute Gasteiger partial charge is 0.315 e. The topological polar surface area (TPSA) is 75.4 Å². The van der Waals surface area contributed by atoms with Crippen molar-refractivity contribution in [3.05, 3.63) is 18.0 Å². The number of hydrogen-bond acceptors (Lipinski definition) is 3. The molecule has 5 heteroatoms. The lowest BCUT2D eigenvalue weighted by atomic mass is 9.71. The van der Waals surface area contributed by atoms with Crippen LogP contribution in [0, 0.1) is 0 Å². The first-order valence-corrected chi connectivity index (χ1v) is 5.46. The second-order valence-corrected chi connectivity index (χ2v) is 4.49. The Morgan fingerprint density at radius 2 is 2.19 bits per heavy atom. The molecule has 16 heavy (non-hydrogen) atoms. The van der Waals surface area contributed by atoms with Crippen LogP contribution in [0.15, 0.2) is 12.3 Å². The molecular formula is C11H16N2O3. The highest BCUT2D eigenvalue weighted by molar-refractivity contribution is 5.80. The molecule has 1 aliphatic rings. The molecule has 0 aromatic carbocycles. The van der Waals surface area contributed by atoms with Gasteiger partial charge in [0.05, 0.1) is 11.8 Å². The Labute approximate surface area is 93.7 Å². The van der Waals surface area contributed by atoms with Crippen molar-refractivity contribution in [2.75, 3.05) is 0 Å². The number of aryl methyl sites for hydroxylation is 1. The van der Waals surface area contributed by atoms with Crippen molar-refractivity contribution in [2.45, 2.75) is 37.2 Å². The average Bonchev–Trinajstić information content (AvgIpc) is 2.66. The highest BCUT2D eigenvalue weighted by Crippen LogP contribution is 2.38. The molecule has 0 unspecified atom stereocenters. The van der Waals surface area contributed by atoms with Crippen molar-refractivity contribution < 1.29 is 15.0 Å². The van der Waals surface area contributed by atoms with Gasteiger partial charge in [0.2, 0.25) is 0 Å². The minimum absolute atomic E-state index is 0.365. The monoisotopic (exact) mass is 224 g/mol. The summed E-state index contributed by atoms with van der Waals surface area (Å²) in [6.07, 6.45) is 3.37. The highest BCUT2D eigenvalue weighted by Gasteiger charge is 2.44. The molecule has 1 fully saturated rings. The first-order chi connectivity index (χ1) is 7.54. The summed E-state index contributed by atoms with van der Waals surface area (Å²) in [5.41, 5.74) is -0.296. The van der Waals surface area contributed by atoms with Crippen LogP contribution < -0.4 is 0 Å². The Morgan fingerprint density at radius 1 is 1.56 bits per heavy atom. The van der Waals surface area contributed by atoms with E-state index in [4.69, 9.17) is 0 Å². The standard InChI is InChI=1S/C11H16N2O3/c1-13-7-4-9(12-13)11(10(15)16)5-2-8(14)3-6-11/h4,7-8,14H,2-3,5-6H2,1H3,(H,15,16). The number of carboxylic acid groups (broad SMARTS) is 1. The first kappa shape index (κ1) is 11.1. The van der Waals surface area contributed by atoms with E-state index < -0.39 is 11.4 Å². The van der Waals surface area contributed by atoms with E-state index in [0.29, 0.717) is 31.4 Å². The van der Waals surface area contributed by atoms with Crippen molar-refractivity contribution in [2.24, 2.45) is 7.05 Å². The van der Waals surface area contributed by atoms with E-state index in [1.165, 1.54) is 0 Å². The van der Waals surface area contributed by atoms with E-state index in [9.17, 15) is 15.0 Å². The zero-order chi connectivity index (χ0) is 11.8. The van der Waals surface area contributed by atoms with Crippen LogP contribution in [0.5, 0.6) is 0 Å². The van der Waals surface area contributed by atoms with Crippen LogP contribution in [-0.4, -0.2) is 32.1 Å². The maximum atomic E-state index is 11.5. The Morgan fingerprint density at radius 3 is 2.62 bits per heavy atom. The number of rotatable bonds is 2. The first-order valence-electron chi connectivity index (χ1n) is 5.46. The van der Waals surface area contributed by atoms with Gasteiger partial charge in [-0.05, 0) is 31.7 Å². The van der Waals surface area contributed by atoms with E-state index in [0.717, 1.165) is 0 Å². The van der Waals surface area contributed by atoms with Crippen LogP contribution in [0.25, 0.3) is 0 Å². The van der Waals surface area contributed by atoms with Gasteiger partial charge in [0.25, 0.3) is 0 Å². The van der Waals surface area contributed by atoms with Crippen LogP contribution in [0.1, 0.15) is 31.4 Å². The van der Waals surface area contributed by atoms with Crippen LogP contribution in [0.2, 0.25) is 0 Å². The van der Waals surface area contributed by atoms with Gasteiger partial charge in [0, 0.05) is 13.2 Å². The van der Waals surface area contributed by atoms with E-state index in [-0.39, 0.29) is 6.10 Å². The number of nitrogens with zero attached hydrogens (tertiary/aromatic N) is 2. The van der Waals surface area contributed by atoms with E-state index >= 15 is 0 Å². The van der Waals surface area contributed by atoms with Crippen molar-refractivity contribution in [3.8, 4) is 0 Å². The fraction of sp³-hybridized carbons (Fsp3) is 0.636. The van der Waals surface area contributed by atoms with E-state index in [2.05, 4.69) is 5.10 Å². The molecule has 0 saturated heterocycles. The average molecular weight is 224 g/mol. The molecule has 2 N–H and O–H groups in total. The van der Waals surface area contributed by atoms with E-state index in [1.807, 2.05) is 0 Å². The summed E-state index contributed by atoms with van der Waals surface area (Å²) in [7, 11) is 1.77. The molecular weight excluding hydrogens is 208 g/mol. The predicted molar refractivity (Wildman–Crippen MR) is 57.0 cm³/mol. The minimum Gasteiger partial charge on any atom is -0.481 e. The molecule has 0 atom stereocenters. The van der Waals surface area contributed by atoms with Crippen LogP contribution >= 0.6 is 0 Å². The summed E-state index contributed by atoms with van der Waals surface area (Å²) in [6.45, 7) is 0. The highest BCUT2D eigenvalue weighted by atomic mass is 16.4. The SMILES string of the molecule is Cn1ccc(C2(C(=O)O)CCC(O)CC2)n1. The predicted octanol–water partition coefficient (Wildman–Crippen LogP) is 0.677. The van der Waals surface area contributed by atoms with Gasteiger partial charge in [-0.1, -0.05) is 0 Å². The Kier molecular flexibility index (Phi) is 2.71. The number of aliphatic carboxylic acids is 1. The van der Waals surface area contributed by atoms with Gasteiger partial charge < -0.3 is 10.2 Å². The molecule has 0 aliphatic heterocycles. The fourth-order valence-electron chi connectivity index (χ4n) is 2.35. The van der Waals surface area contributed by atoms with Crippen molar-refractivity contribution in [3.63, 3.8) is 0 Å². The van der Waals surface area contributed by atoms with Crippen molar-refractivity contribution in [1.82, 2.24) is 9.78 Å². The third-order valence-corrected chi connectivity index (χ3v) is 3.42. The molecule has 0 amide bonds. The molecule has 1 aromatic heterocycles. The van der Waals surface area contributed by atoms with Gasteiger partial charge in [0.1, 0.15) is 5.41 Å². The fourth-order valence-corrected chi connectivity index (χ4v) is 2.35. The molecule has 1 heterocycles. The zero-order valence-corrected chi connectivity index (χ0v) is 9.26. The Balaban J connectivity index is 2.33. The summed E-state index contributed by atoms with van der Waals surface area (Å²) in [5.74, 6) is -0.835. The van der Waals surface area contributed by atoms with Gasteiger partial charge in [-0.3, -0.25) is 9.48 Å². The summed E-state index contributed by atoms with van der Waals surface area (Å²) in [6, 6.07) is 1.76. The Bertz CT molecular complexity index is 392. The van der Waals surface area contributed by atoms with Gasteiger partial charge in [-0.2, -0.15) is 5.10 Å². The zero-order valence-electron chi connectivity index (χ0n) is 9.26. The number of hydrogen-bond donors (Lipinski definition) is 2. The van der Waals surface area contributed by atoms with Gasteiger partial charge in [0.15, 0.2) is 0 Å². The van der Waals surface area contributed by atoms with Crippen molar-refractivity contribution in [1.29, 1.82) is 0 Å². The Hall–Kier alpha value is -1.36. The van der Waals surface area contributed by atoms with Crippen LogP contribution in [0.3, 0.4) is 0 Å². The molecule has 0 radical (unpaired) electrons. The van der Waals surface area contributed by atoms with Gasteiger partial charge in [-0.25, -0.2) is 0 Å². The summed E-state index contributed by atoms with van der Waals surface area (Å²) in [4.78, 5) is 11.5. The lowest BCUT2D eigenvalue weighted by molar-refractivity contribution is -0.146. The molecule has 1 aromatic rings. The summed E-state index contributed by atoms with van der Waals surface area (Å²) >= 11 is 0. The number of aliphatic hydroxyl groups excluding tert-OH is 1. The maximum Gasteiger partial charge on any atom is 0.315 e. The molecule has 1 aliphatic carbocycles. The number of aliphatic hydroxyl groups is 1. The summed E-state index contributed by atoms with van der Waals surface area (Å²) in [5, 5.41) is 23.1. The number of carbonyl (C=O) groups is 1. The number of aromatic nitrogens is 2. The third kappa shape index (κ3) is 1.71.